The monoisotopic (exact) mass is 365 g/mol. The summed E-state index contributed by atoms with van der Waals surface area (Å²) in [7, 11) is 0. The van der Waals surface area contributed by atoms with E-state index in [1.54, 1.807) is 13.1 Å². The average Bonchev–Trinajstić information content (AvgIpc) is 2.97. The molecule has 5 heteroatoms. The van der Waals surface area contributed by atoms with Crippen LogP contribution in [0.2, 0.25) is 0 Å². The van der Waals surface area contributed by atoms with Gasteiger partial charge in [-0.1, -0.05) is 25.3 Å². The minimum atomic E-state index is -0.546. The molecule has 0 radical (unpaired) electrons. The van der Waals surface area contributed by atoms with Gasteiger partial charge in [0, 0.05) is 17.6 Å². The van der Waals surface area contributed by atoms with Crippen LogP contribution in [0, 0.1) is 19.7 Å². The third kappa shape index (κ3) is 3.01. The maximum Gasteiger partial charge on any atom is 0.251 e. The number of halogens is 1. The van der Waals surface area contributed by atoms with Crippen LogP contribution in [0.1, 0.15) is 59.6 Å². The fourth-order valence-corrected chi connectivity index (χ4v) is 4.26. The number of primary amides is 1. The zero-order valence-corrected chi connectivity index (χ0v) is 15.8. The first kappa shape index (κ1) is 17.7. The Morgan fingerprint density at radius 1 is 1.19 bits per heavy atom. The Balaban J connectivity index is 2.09. The number of fused-ring (bicyclic) bond motifs is 1. The molecule has 1 saturated carbocycles. The van der Waals surface area contributed by atoms with Crippen LogP contribution < -0.4 is 5.73 Å². The average molecular weight is 365 g/mol. The number of carbonyl (C=O) groups excluding carboxylic acids is 1. The first-order valence-corrected chi connectivity index (χ1v) is 9.54. The molecule has 2 aromatic heterocycles. The number of aromatic nitrogens is 2. The highest BCUT2D eigenvalue weighted by Gasteiger charge is 2.28. The number of nitrogens with zero attached hydrogens (tertiary/aromatic N) is 2. The summed E-state index contributed by atoms with van der Waals surface area (Å²) in [6.45, 7) is 3.72. The summed E-state index contributed by atoms with van der Waals surface area (Å²) in [5.41, 5.74) is 10.0. The summed E-state index contributed by atoms with van der Waals surface area (Å²) in [5, 5.41) is 0.577. The maximum absolute atomic E-state index is 14.4. The van der Waals surface area contributed by atoms with Crippen molar-refractivity contribution in [1.29, 1.82) is 0 Å². The smallest absolute Gasteiger partial charge is 0.251 e. The number of pyridine rings is 1. The Morgan fingerprint density at radius 2 is 1.93 bits per heavy atom. The highest BCUT2D eigenvalue weighted by atomic mass is 19.1. The van der Waals surface area contributed by atoms with E-state index >= 15 is 0 Å². The lowest BCUT2D eigenvalue weighted by atomic mass is 9.94. The fourth-order valence-electron chi connectivity index (χ4n) is 4.26. The largest absolute Gasteiger partial charge is 0.366 e. The first-order valence-electron chi connectivity index (χ1n) is 9.54. The Morgan fingerprint density at radius 3 is 2.56 bits per heavy atom. The lowest BCUT2D eigenvalue weighted by Crippen LogP contribution is -2.17. The van der Waals surface area contributed by atoms with Crippen LogP contribution >= 0.6 is 0 Å². The van der Waals surface area contributed by atoms with Crippen LogP contribution in [0.3, 0.4) is 0 Å². The number of benzene rings is 1. The van der Waals surface area contributed by atoms with E-state index in [1.165, 1.54) is 12.5 Å². The third-order valence-corrected chi connectivity index (χ3v) is 5.62. The van der Waals surface area contributed by atoms with Crippen LogP contribution in [0.25, 0.3) is 22.3 Å². The minimum Gasteiger partial charge on any atom is -0.366 e. The molecule has 27 heavy (non-hydrogen) atoms. The molecule has 0 spiro atoms. The molecule has 0 atom stereocenters. The van der Waals surface area contributed by atoms with Crippen molar-refractivity contribution in [2.45, 2.75) is 52.0 Å². The molecule has 0 saturated heterocycles. The van der Waals surface area contributed by atoms with E-state index in [1.807, 2.05) is 25.1 Å². The zero-order valence-electron chi connectivity index (χ0n) is 15.8. The number of amides is 1. The van der Waals surface area contributed by atoms with Gasteiger partial charge in [0.25, 0.3) is 5.91 Å². The van der Waals surface area contributed by atoms with Gasteiger partial charge < -0.3 is 10.3 Å². The Hall–Kier alpha value is -2.69. The molecule has 140 valence electrons. The molecule has 2 heterocycles. The van der Waals surface area contributed by atoms with Gasteiger partial charge in [-0.25, -0.2) is 4.39 Å². The van der Waals surface area contributed by atoms with Gasteiger partial charge in [0.1, 0.15) is 5.82 Å². The van der Waals surface area contributed by atoms with Gasteiger partial charge in [0.05, 0.1) is 22.5 Å². The van der Waals surface area contributed by atoms with Gasteiger partial charge >= 0.3 is 0 Å². The number of nitrogens with two attached hydrogens (primary N) is 1. The Bertz CT molecular complexity index is 1010. The van der Waals surface area contributed by atoms with Gasteiger partial charge in [-0.05, 0) is 56.0 Å². The van der Waals surface area contributed by atoms with E-state index in [0.717, 1.165) is 42.5 Å². The highest BCUT2D eigenvalue weighted by molar-refractivity contribution is 6.12. The molecule has 0 bridgehead atoms. The molecular weight excluding hydrogens is 341 g/mol. The number of aryl methyl sites for hydroxylation is 2. The van der Waals surface area contributed by atoms with E-state index in [0.29, 0.717) is 22.2 Å². The van der Waals surface area contributed by atoms with Crippen LogP contribution in [0.15, 0.2) is 30.5 Å². The van der Waals surface area contributed by atoms with Crippen LogP contribution in [0.5, 0.6) is 0 Å². The number of rotatable bonds is 3. The third-order valence-electron chi connectivity index (χ3n) is 5.62. The van der Waals surface area contributed by atoms with Crippen molar-refractivity contribution in [1.82, 2.24) is 9.55 Å². The van der Waals surface area contributed by atoms with Crippen molar-refractivity contribution in [2.24, 2.45) is 5.73 Å². The molecule has 0 aliphatic heterocycles. The van der Waals surface area contributed by atoms with Crippen molar-refractivity contribution in [3.8, 4) is 11.4 Å². The molecule has 1 aliphatic rings. The molecule has 4 nitrogen and oxygen atoms in total. The molecule has 1 aromatic carbocycles. The van der Waals surface area contributed by atoms with Crippen LogP contribution in [-0.4, -0.2) is 15.5 Å². The molecule has 1 fully saturated rings. The molecule has 1 amide bonds. The molecule has 4 rings (SSSR count). The van der Waals surface area contributed by atoms with Crippen molar-refractivity contribution >= 4 is 16.8 Å². The second-order valence-electron chi connectivity index (χ2n) is 7.59. The first-order chi connectivity index (χ1) is 13.0. The summed E-state index contributed by atoms with van der Waals surface area (Å²) in [4.78, 5) is 17.0. The predicted molar refractivity (Wildman–Crippen MR) is 105 cm³/mol. The second kappa shape index (κ2) is 6.80. The van der Waals surface area contributed by atoms with Gasteiger partial charge in [-0.3, -0.25) is 9.78 Å². The van der Waals surface area contributed by atoms with Crippen molar-refractivity contribution in [3.63, 3.8) is 0 Å². The lowest BCUT2D eigenvalue weighted by molar-refractivity contribution is 0.100. The molecule has 2 N–H and O–H groups in total. The molecule has 3 aromatic rings. The topological polar surface area (TPSA) is 60.9 Å². The molecule has 0 unspecified atom stereocenters. The van der Waals surface area contributed by atoms with Gasteiger partial charge in [-0.15, -0.1) is 0 Å². The zero-order chi connectivity index (χ0) is 19.1. The quantitative estimate of drug-likeness (QED) is 0.705. The second-order valence-corrected chi connectivity index (χ2v) is 7.59. The molecular formula is C22H24FN3O. The minimum absolute atomic E-state index is 0.261. The molecule has 1 aliphatic carbocycles. The Labute approximate surface area is 158 Å². The van der Waals surface area contributed by atoms with Crippen LogP contribution in [-0.2, 0) is 0 Å². The standard InChI is InChI=1S/C22H24FN3O/c1-13-8-9-18(25-12-13)21-20(22(24)27)16-11-17(23)14(2)10-19(16)26(21)15-6-4-3-5-7-15/h8-12,15H,3-7H2,1-2H3,(H2,24,27). The van der Waals surface area contributed by atoms with Gasteiger partial charge in [-0.2, -0.15) is 0 Å². The van der Waals surface area contributed by atoms with Crippen molar-refractivity contribution in [2.75, 3.05) is 0 Å². The fraction of sp³-hybridized carbons (Fsp3) is 0.364. The summed E-state index contributed by atoms with van der Waals surface area (Å²) < 4.78 is 16.5. The van der Waals surface area contributed by atoms with E-state index in [-0.39, 0.29) is 11.9 Å². The summed E-state index contributed by atoms with van der Waals surface area (Å²) in [5.74, 6) is -0.871. The van der Waals surface area contributed by atoms with Gasteiger partial charge in [0.2, 0.25) is 0 Å². The predicted octanol–water partition coefficient (Wildman–Crippen LogP) is 5.06. The highest BCUT2D eigenvalue weighted by Crippen LogP contribution is 2.40. The Kier molecular flexibility index (Phi) is 4.46. The van der Waals surface area contributed by atoms with E-state index < -0.39 is 5.91 Å². The summed E-state index contributed by atoms with van der Waals surface area (Å²) >= 11 is 0. The van der Waals surface area contributed by atoms with Crippen LogP contribution in [0.4, 0.5) is 4.39 Å². The summed E-state index contributed by atoms with van der Waals surface area (Å²) in [6, 6.07) is 7.43. The van der Waals surface area contributed by atoms with E-state index in [9.17, 15) is 9.18 Å². The lowest BCUT2D eigenvalue weighted by Gasteiger charge is -2.26. The normalized spacial score (nSPS) is 15.4. The SMILES string of the molecule is Cc1ccc(-c2c(C(N)=O)c3cc(F)c(C)cc3n2C2CCCCC2)nc1. The van der Waals surface area contributed by atoms with E-state index in [2.05, 4.69) is 9.55 Å². The van der Waals surface area contributed by atoms with E-state index in [4.69, 9.17) is 5.73 Å². The van der Waals surface area contributed by atoms with Crippen molar-refractivity contribution < 1.29 is 9.18 Å². The number of carbonyl (C=O) groups is 1. The maximum atomic E-state index is 14.4. The number of hydrogen-bond acceptors (Lipinski definition) is 2. The van der Waals surface area contributed by atoms with Crippen molar-refractivity contribution in [3.05, 3.63) is 53.0 Å². The van der Waals surface area contributed by atoms with Gasteiger partial charge in [0.15, 0.2) is 0 Å². The number of hydrogen-bond donors (Lipinski definition) is 1. The summed E-state index contributed by atoms with van der Waals surface area (Å²) in [6.07, 6.45) is 7.39.